The van der Waals surface area contributed by atoms with Gasteiger partial charge in [-0.2, -0.15) is 0 Å². The normalized spacial score (nSPS) is 36.4. The molecule has 0 bridgehead atoms. The molecule has 2 heterocycles. The van der Waals surface area contributed by atoms with Crippen molar-refractivity contribution in [3.63, 3.8) is 0 Å². The Hall–Kier alpha value is -0.610. The molecule has 0 aromatic carbocycles. The molecule has 0 aliphatic carbocycles. The Labute approximate surface area is 96.6 Å². The standard InChI is InChI=1S/C12H21NO3/c1-12(11(14)15)4-5-13(9-12)7-10-3-2-6-16-8-10/h10H,2-9H2,1H3,(H,14,15). The van der Waals surface area contributed by atoms with Gasteiger partial charge in [-0.1, -0.05) is 0 Å². The van der Waals surface area contributed by atoms with Gasteiger partial charge in [0.25, 0.3) is 0 Å². The van der Waals surface area contributed by atoms with Crippen LogP contribution in [0.3, 0.4) is 0 Å². The number of carbonyl (C=O) groups is 1. The molecule has 92 valence electrons. The van der Waals surface area contributed by atoms with Gasteiger partial charge in [-0.05, 0) is 38.6 Å². The van der Waals surface area contributed by atoms with E-state index in [9.17, 15) is 4.79 Å². The third-order valence-electron chi connectivity index (χ3n) is 3.84. The fourth-order valence-electron chi connectivity index (χ4n) is 2.70. The van der Waals surface area contributed by atoms with E-state index in [4.69, 9.17) is 9.84 Å². The summed E-state index contributed by atoms with van der Waals surface area (Å²) in [5, 5.41) is 9.14. The van der Waals surface area contributed by atoms with Crippen LogP contribution in [0.15, 0.2) is 0 Å². The topological polar surface area (TPSA) is 49.8 Å². The second-order valence-electron chi connectivity index (χ2n) is 5.43. The molecule has 2 saturated heterocycles. The number of nitrogens with zero attached hydrogens (tertiary/aromatic N) is 1. The van der Waals surface area contributed by atoms with Gasteiger partial charge in [-0.25, -0.2) is 0 Å². The van der Waals surface area contributed by atoms with Crippen LogP contribution in [0.4, 0.5) is 0 Å². The molecule has 2 rings (SSSR count). The number of aliphatic carboxylic acids is 1. The number of carboxylic acid groups (broad SMARTS) is 1. The van der Waals surface area contributed by atoms with Crippen LogP contribution in [0, 0.1) is 11.3 Å². The van der Waals surface area contributed by atoms with Gasteiger partial charge in [0.2, 0.25) is 0 Å². The minimum atomic E-state index is -0.658. The molecule has 0 spiro atoms. The van der Waals surface area contributed by atoms with Crippen LogP contribution in [0.2, 0.25) is 0 Å². The second-order valence-corrected chi connectivity index (χ2v) is 5.43. The van der Waals surface area contributed by atoms with E-state index < -0.39 is 11.4 Å². The lowest BCUT2D eigenvalue weighted by Gasteiger charge is -2.27. The second kappa shape index (κ2) is 4.72. The molecule has 2 aliphatic heterocycles. The highest BCUT2D eigenvalue weighted by Gasteiger charge is 2.40. The van der Waals surface area contributed by atoms with Gasteiger partial charge in [-0.3, -0.25) is 4.79 Å². The molecule has 4 heteroatoms. The zero-order valence-corrected chi connectivity index (χ0v) is 9.95. The minimum absolute atomic E-state index is 0.532. The van der Waals surface area contributed by atoms with Gasteiger partial charge >= 0.3 is 5.97 Å². The van der Waals surface area contributed by atoms with Crippen molar-refractivity contribution < 1.29 is 14.6 Å². The quantitative estimate of drug-likeness (QED) is 0.787. The molecule has 2 aliphatic rings. The Morgan fingerprint density at radius 2 is 2.44 bits per heavy atom. The smallest absolute Gasteiger partial charge is 0.310 e. The molecule has 2 atom stereocenters. The fourth-order valence-corrected chi connectivity index (χ4v) is 2.70. The van der Waals surface area contributed by atoms with E-state index in [1.807, 2.05) is 6.92 Å². The van der Waals surface area contributed by atoms with Crippen LogP contribution < -0.4 is 0 Å². The Balaban J connectivity index is 1.82. The van der Waals surface area contributed by atoms with E-state index in [0.717, 1.165) is 39.1 Å². The number of rotatable bonds is 3. The van der Waals surface area contributed by atoms with E-state index in [1.54, 1.807) is 0 Å². The maximum absolute atomic E-state index is 11.1. The average Bonchev–Trinajstić information content (AvgIpc) is 2.63. The Kier molecular flexibility index (Phi) is 3.50. The molecular weight excluding hydrogens is 206 g/mol. The van der Waals surface area contributed by atoms with Crippen LogP contribution >= 0.6 is 0 Å². The highest BCUT2D eigenvalue weighted by Crippen LogP contribution is 2.31. The molecule has 0 radical (unpaired) electrons. The summed E-state index contributed by atoms with van der Waals surface area (Å²) in [6.07, 6.45) is 3.14. The maximum atomic E-state index is 11.1. The first-order valence-electron chi connectivity index (χ1n) is 6.14. The summed E-state index contributed by atoms with van der Waals surface area (Å²) in [6, 6.07) is 0. The average molecular weight is 227 g/mol. The fraction of sp³-hybridized carbons (Fsp3) is 0.917. The lowest BCUT2D eigenvalue weighted by atomic mass is 9.90. The van der Waals surface area contributed by atoms with Gasteiger partial charge in [0, 0.05) is 19.7 Å². The maximum Gasteiger partial charge on any atom is 0.310 e. The van der Waals surface area contributed by atoms with Crippen LogP contribution in [-0.4, -0.2) is 48.8 Å². The third kappa shape index (κ3) is 2.55. The van der Waals surface area contributed by atoms with Crippen molar-refractivity contribution in [3.05, 3.63) is 0 Å². The van der Waals surface area contributed by atoms with Crippen molar-refractivity contribution in [2.45, 2.75) is 26.2 Å². The van der Waals surface area contributed by atoms with Crippen LogP contribution in [0.25, 0.3) is 0 Å². The predicted molar refractivity (Wildman–Crippen MR) is 60.3 cm³/mol. The summed E-state index contributed by atoms with van der Waals surface area (Å²) < 4.78 is 5.45. The van der Waals surface area contributed by atoms with Crippen molar-refractivity contribution in [2.75, 3.05) is 32.8 Å². The van der Waals surface area contributed by atoms with Crippen molar-refractivity contribution in [3.8, 4) is 0 Å². The highest BCUT2D eigenvalue weighted by atomic mass is 16.5. The zero-order valence-electron chi connectivity index (χ0n) is 9.95. The van der Waals surface area contributed by atoms with Crippen LogP contribution in [-0.2, 0) is 9.53 Å². The Bertz CT molecular complexity index is 263. The van der Waals surface area contributed by atoms with Crippen LogP contribution in [0.1, 0.15) is 26.2 Å². The van der Waals surface area contributed by atoms with Gasteiger partial charge in [0.15, 0.2) is 0 Å². The number of ether oxygens (including phenoxy) is 1. The van der Waals surface area contributed by atoms with Crippen molar-refractivity contribution in [1.29, 1.82) is 0 Å². The highest BCUT2D eigenvalue weighted by molar-refractivity contribution is 5.74. The minimum Gasteiger partial charge on any atom is -0.481 e. The Morgan fingerprint density at radius 3 is 3.00 bits per heavy atom. The summed E-state index contributed by atoms with van der Waals surface area (Å²) >= 11 is 0. The first-order chi connectivity index (χ1) is 7.60. The van der Waals surface area contributed by atoms with Crippen molar-refractivity contribution >= 4 is 5.97 Å². The van der Waals surface area contributed by atoms with E-state index in [-0.39, 0.29) is 0 Å². The number of hydrogen-bond acceptors (Lipinski definition) is 3. The number of carboxylic acids is 1. The monoisotopic (exact) mass is 227 g/mol. The molecule has 2 unspecified atom stereocenters. The molecule has 4 nitrogen and oxygen atoms in total. The molecular formula is C12H21NO3. The SMILES string of the molecule is CC1(C(=O)O)CCN(CC2CCCOC2)C1. The molecule has 0 aromatic heterocycles. The van der Waals surface area contributed by atoms with Gasteiger partial charge in [0.05, 0.1) is 12.0 Å². The lowest BCUT2D eigenvalue weighted by Crippen LogP contribution is -2.35. The summed E-state index contributed by atoms with van der Waals surface area (Å²) in [5.74, 6) is -0.0558. The first-order valence-corrected chi connectivity index (χ1v) is 6.14. The predicted octanol–water partition coefficient (Wildman–Crippen LogP) is 1.21. The molecule has 0 aromatic rings. The summed E-state index contributed by atoms with van der Waals surface area (Å²) in [4.78, 5) is 13.4. The molecule has 2 fully saturated rings. The molecule has 1 N–H and O–H groups in total. The largest absolute Gasteiger partial charge is 0.481 e. The number of hydrogen-bond donors (Lipinski definition) is 1. The van der Waals surface area contributed by atoms with E-state index >= 15 is 0 Å². The summed E-state index contributed by atoms with van der Waals surface area (Å²) in [5.41, 5.74) is -0.532. The number of likely N-dealkylation sites (tertiary alicyclic amines) is 1. The third-order valence-corrected chi connectivity index (χ3v) is 3.84. The summed E-state index contributed by atoms with van der Waals surface area (Å²) in [6.45, 7) is 6.21. The molecule has 0 amide bonds. The van der Waals surface area contributed by atoms with E-state index in [2.05, 4.69) is 4.90 Å². The van der Waals surface area contributed by atoms with Gasteiger partial charge in [-0.15, -0.1) is 0 Å². The van der Waals surface area contributed by atoms with Gasteiger partial charge < -0.3 is 14.7 Å². The zero-order chi connectivity index (χ0) is 11.6. The van der Waals surface area contributed by atoms with E-state index in [0.29, 0.717) is 12.5 Å². The Morgan fingerprint density at radius 1 is 1.62 bits per heavy atom. The molecule has 16 heavy (non-hydrogen) atoms. The summed E-state index contributed by atoms with van der Waals surface area (Å²) in [7, 11) is 0. The molecule has 0 saturated carbocycles. The van der Waals surface area contributed by atoms with E-state index in [1.165, 1.54) is 6.42 Å². The lowest BCUT2D eigenvalue weighted by molar-refractivity contribution is -0.147. The van der Waals surface area contributed by atoms with Crippen molar-refractivity contribution in [2.24, 2.45) is 11.3 Å². The van der Waals surface area contributed by atoms with Crippen molar-refractivity contribution in [1.82, 2.24) is 4.90 Å². The van der Waals surface area contributed by atoms with Gasteiger partial charge in [0.1, 0.15) is 0 Å². The first kappa shape index (κ1) is 11.9. The van der Waals surface area contributed by atoms with Crippen LogP contribution in [0.5, 0.6) is 0 Å².